The van der Waals surface area contributed by atoms with Crippen LogP contribution < -0.4 is 15.9 Å². The molecule has 1 atom stereocenters. The Balaban J connectivity index is 2.28. The molecule has 6 heteroatoms. The number of carbonyl (C=O) groups is 2. The Morgan fingerprint density at radius 3 is 2.94 bits per heavy atom. The number of ether oxygens (including phenoxy) is 1. The molecule has 18 heavy (non-hydrogen) atoms. The molecule has 0 saturated carbocycles. The van der Waals surface area contributed by atoms with Gasteiger partial charge >= 0.3 is 0 Å². The molecule has 0 spiro atoms. The number of nitrogens with two attached hydrogens (primary N) is 1. The molecule has 1 aromatic rings. The molecular weight excluding hydrogens is 234 g/mol. The summed E-state index contributed by atoms with van der Waals surface area (Å²) in [6.45, 7) is 1.78. The van der Waals surface area contributed by atoms with Gasteiger partial charge in [-0.2, -0.15) is 0 Å². The van der Waals surface area contributed by atoms with Gasteiger partial charge in [-0.15, -0.1) is 0 Å². The number of carbonyl (C=O) groups excluding carboxylic acids is 2. The van der Waals surface area contributed by atoms with Crippen LogP contribution in [-0.4, -0.2) is 30.5 Å². The van der Waals surface area contributed by atoms with Crippen LogP contribution in [0.25, 0.3) is 0 Å². The van der Waals surface area contributed by atoms with Gasteiger partial charge in [0.25, 0.3) is 5.91 Å². The topological polar surface area (TPSA) is 84.7 Å². The summed E-state index contributed by atoms with van der Waals surface area (Å²) < 4.78 is 5.25. The van der Waals surface area contributed by atoms with Crippen molar-refractivity contribution in [3.63, 3.8) is 0 Å². The third kappa shape index (κ3) is 2.28. The fourth-order valence-corrected chi connectivity index (χ4v) is 1.82. The molecule has 0 fully saturated rings. The minimum absolute atomic E-state index is 0.0202. The molecule has 0 bridgehead atoms. The maximum atomic E-state index is 11.8. The van der Waals surface area contributed by atoms with Crippen molar-refractivity contribution in [2.24, 2.45) is 5.84 Å². The molecule has 0 saturated heterocycles. The average Bonchev–Trinajstić information content (AvgIpc) is 2.35. The van der Waals surface area contributed by atoms with Gasteiger partial charge in [-0.1, -0.05) is 6.07 Å². The van der Waals surface area contributed by atoms with Crippen LogP contribution in [0, 0.1) is 0 Å². The third-order valence-electron chi connectivity index (χ3n) is 2.85. The molecule has 0 radical (unpaired) electrons. The number of hydrogen-bond acceptors (Lipinski definition) is 4. The Hall–Kier alpha value is -2.08. The van der Waals surface area contributed by atoms with E-state index in [2.05, 4.69) is 5.32 Å². The fraction of sp³-hybridized carbons (Fsp3) is 0.333. The minimum atomic E-state index is -0.371. The van der Waals surface area contributed by atoms with Crippen molar-refractivity contribution in [3.05, 3.63) is 23.8 Å². The molecule has 6 nitrogen and oxygen atoms in total. The number of fused-ring (bicyclic) bond motifs is 1. The lowest BCUT2D eigenvalue weighted by molar-refractivity contribution is -0.131. The van der Waals surface area contributed by atoms with E-state index in [4.69, 9.17) is 10.6 Å². The van der Waals surface area contributed by atoms with Crippen molar-refractivity contribution < 1.29 is 14.3 Å². The maximum Gasteiger partial charge on any atom is 0.262 e. The smallest absolute Gasteiger partial charge is 0.262 e. The van der Waals surface area contributed by atoms with E-state index in [9.17, 15) is 9.59 Å². The summed E-state index contributed by atoms with van der Waals surface area (Å²) in [6.07, 6.45) is 0. The van der Waals surface area contributed by atoms with Crippen LogP contribution in [0.4, 0.5) is 5.69 Å². The van der Waals surface area contributed by atoms with Crippen LogP contribution >= 0.6 is 0 Å². The summed E-state index contributed by atoms with van der Waals surface area (Å²) in [5, 5.41) is 3.76. The van der Waals surface area contributed by atoms with Gasteiger partial charge in [-0.25, -0.2) is 5.84 Å². The molecular formula is C12H15N3O3. The molecule has 1 heterocycles. The van der Waals surface area contributed by atoms with Crippen LogP contribution in [0.5, 0.6) is 5.75 Å². The number of nitrogens with zero attached hydrogens (tertiary/aromatic N) is 1. The average molecular weight is 249 g/mol. The molecule has 0 aromatic heterocycles. The van der Waals surface area contributed by atoms with Crippen LogP contribution in [0.1, 0.15) is 18.4 Å². The Bertz CT molecular complexity index is 499. The van der Waals surface area contributed by atoms with E-state index in [1.54, 1.807) is 25.1 Å². The summed E-state index contributed by atoms with van der Waals surface area (Å²) in [6, 6.07) is 5.27. The van der Waals surface area contributed by atoms with Gasteiger partial charge in [0.05, 0.1) is 11.6 Å². The highest BCUT2D eigenvalue weighted by atomic mass is 16.5. The SMILES string of the molecule is CC(C(=O)N(C)N)c1ccc2c(c1)NC(=O)CO2. The number of hydrogen-bond donors (Lipinski definition) is 2. The van der Waals surface area contributed by atoms with Gasteiger partial charge < -0.3 is 10.1 Å². The predicted molar refractivity (Wildman–Crippen MR) is 65.9 cm³/mol. The van der Waals surface area contributed by atoms with E-state index in [0.29, 0.717) is 11.4 Å². The highest BCUT2D eigenvalue weighted by Gasteiger charge is 2.21. The summed E-state index contributed by atoms with van der Waals surface area (Å²) in [5.74, 6) is 5.27. The lowest BCUT2D eigenvalue weighted by Gasteiger charge is -2.21. The first-order valence-electron chi connectivity index (χ1n) is 5.58. The molecule has 0 aliphatic carbocycles. The van der Waals surface area contributed by atoms with Crippen molar-refractivity contribution in [2.75, 3.05) is 19.0 Å². The minimum Gasteiger partial charge on any atom is -0.482 e. The Morgan fingerprint density at radius 2 is 2.28 bits per heavy atom. The van der Waals surface area contributed by atoms with Crippen LogP contribution in [0.2, 0.25) is 0 Å². The van der Waals surface area contributed by atoms with Crippen molar-refractivity contribution in [2.45, 2.75) is 12.8 Å². The third-order valence-corrected chi connectivity index (χ3v) is 2.85. The largest absolute Gasteiger partial charge is 0.482 e. The van der Waals surface area contributed by atoms with Crippen molar-refractivity contribution in [1.29, 1.82) is 0 Å². The van der Waals surface area contributed by atoms with Crippen LogP contribution in [0.3, 0.4) is 0 Å². The van der Waals surface area contributed by atoms with Crippen molar-refractivity contribution in [3.8, 4) is 5.75 Å². The first kappa shape index (κ1) is 12.4. The zero-order valence-electron chi connectivity index (χ0n) is 10.3. The zero-order valence-corrected chi connectivity index (χ0v) is 10.3. The Kier molecular flexibility index (Phi) is 3.20. The zero-order chi connectivity index (χ0) is 13.3. The van der Waals surface area contributed by atoms with E-state index in [0.717, 1.165) is 10.6 Å². The number of benzene rings is 1. The van der Waals surface area contributed by atoms with Gasteiger partial charge in [0.2, 0.25) is 5.91 Å². The van der Waals surface area contributed by atoms with E-state index >= 15 is 0 Å². The molecule has 3 N–H and O–H groups in total. The molecule has 1 unspecified atom stereocenters. The fourth-order valence-electron chi connectivity index (χ4n) is 1.82. The van der Waals surface area contributed by atoms with Crippen molar-refractivity contribution >= 4 is 17.5 Å². The molecule has 96 valence electrons. The molecule has 1 aliphatic rings. The Labute approximate surface area is 105 Å². The summed E-state index contributed by atoms with van der Waals surface area (Å²) in [5.41, 5.74) is 1.37. The number of likely N-dealkylation sites (N-methyl/N-ethyl adjacent to an activating group) is 1. The standard InChI is InChI=1S/C12H15N3O3/c1-7(12(17)15(2)13)8-3-4-10-9(5-8)14-11(16)6-18-10/h3-5,7H,6,13H2,1-2H3,(H,14,16). The van der Waals surface area contributed by atoms with Crippen LogP contribution in [0.15, 0.2) is 18.2 Å². The molecule has 1 aromatic carbocycles. The molecule has 2 amide bonds. The summed E-state index contributed by atoms with van der Waals surface area (Å²) in [7, 11) is 1.50. The maximum absolute atomic E-state index is 11.8. The second-order valence-electron chi connectivity index (χ2n) is 4.26. The molecule has 1 aliphatic heterocycles. The van der Waals surface area contributed by atoms with Gasteiger partial charge in [0.15, 0.2) is 6.61 Å². The lowest BCUT2D eigenvalue weighted by Crippen LogP contribution is -2.36. The van der Waals surface area contributed by atoms with Gasteiger partial charge in [-0.05, 0) is 24.6 Å². The quantitative estimate of drug-likeness (QED) is 0.453. The molecule has 2 rings (SSSR count). The Morgan fingerprint density at radius 1 is 1.56 bits per heavy atom. The lowest BCUT2D eigenvalue weighted by atomic mass is 9.99. The van der Waals surface area contributed by atoms with E-state index < -0.39 is 0 Å². The monoisotopic (exact) mass is 249 g/mol. The van der Waals surface area contributed by atoms with Gasteiger partial charge in [-0.3, -0.25) is 14.6 Å². The van der Waals surface area contributed by atoms with E-state index in [-0.39, 0.29) is 24.3 Å². The first-order chi connectivity index (χ1) is 8.49. The van der Waals surface area contributed by atoms with Crippen molar-refractivity contribution in [1.82, 2.24) is 5.01 Å². The first-order valence-corrected chi connectivity index (χ1v) is 5.58. The predicted octanol–water partition coefficient (Wildman–Crippen LogP) is 0.453. The second-order valence-corrected chi connectivity index (χ2v) is 4.26. The number of anilines is 1. The second kappa shape index (κ2) is 4.66. The van der Waals surface area contributed by atoms with Crippen LogP contribution in [-0.2, 0) is 9.59 Å². The normalized spacial score (nSPS) is 15.2. The number of rotatable bonds is 2. The van der Waals surface area contributed by atoms with Gasteiger partial charge in [0.1, 0.15) is 5.75 Å². The van der Waals surface area contributed by atoms with E-state index in [1.807, 2.05) is 0 Å². The summed E-state index contributed by atoms with van der Waals surface area (Å²) >= 11 is 0. The number of amides is 2. The number of nitrogens with one attached hydrogen (secondary N) is 1. The van der Waals surface area contributed by atoms with E-state index in [1.165, 1.54) is 7.05 Å². The highest BCUT2D eigenvalue weighted by molar-refractivity contribution is 5.95. The highest BCUT2D eigenvalue weighted by Crippen LogP contribution is 2.31. The summed E-state index contributed by atoms with van der Waals surface area (Å²) in [4.78, 5) is 23.0. The number of hydrazine groups is 1. The van der Waals surface area contributed by atoms with Gasteiger partial charge in [0, 0.05) is 7.05 Å².